The maximum absolute atomic E-state index is 12.5. The zero-order valence-corrected chi connectivity index (χ0v) is 13.1. The second-order valence-electron chi connectivity index (χ2n) is 5.66. The molecule has 1 aromatic carbocycles. The Kier molecular flexibility index (Phi) is 6.02. The third-order valence-electron chi connectivity index (χ3n) is 4.13. The van der Waals surface area contributed by atoms with Gasteiger partial charge in [-0.1, -0.05) is 30.4 Å². The highest BCUT2D eigenvalue weighted by molar-refractivity contribution is 5.50. The molecule has 1 aliphatic rings. The summed E-state index contributed by atoms with van der Waals surface area (Å²) in [5, 5.41) is 0. The van der Waals surface area contributed by atoms with Crippen LogP contribution in [0.4, 0.5) is 13.2 Å². The second kappa shape index (κ2) is 7.79. The van der Waals surface area contributed by atoms with Crippen LogP contribution in [0.3, 0.4) is 0 Å². The van der Waals surface area contributed by atoms with Crippen LogP contribution in [-0.4, -0.2) is 20.0 Å². The van der Waals surface area contributed by atoms with E-state index in [9.17, 15) is 13.2 Å². The van der Waals surface area contributed by atoms with Gasteiger partial charge in [0.05, 0.1) is 11.7 Å². The molecular formula is C18H21F3O2. The van der Waals surface area contributed by atoms with Gasteiger partial charge in [-0.15, -0.1) is 6.58 Å². The van der Waals surface area contributed by atoms with Gasteiger partial charge in [0.15, 0.2) is 0 Å². The number of halogens is 3. The van der Waals surface area contributed by atoms with E-state index < -0.39 is 11.7 Å². The summed E-state index contributed by atoms with van der Waals surface area (Å²) in [6.45, 7) is 4.06. The molecule has 2 nitrogen and oxygen atoms in total. The average Bonchev–Trinajstić information content (AvgIpc) is 2.92. The second-order valence-corrected chi connectivity index (χ2v) is 5.66. The van der Waals surface area contributed by atoms with Gasteiger partial charge in [-0.3, -0.25) is 0 Å². The van der Waals surface area contributed by atoms with Crippen molar-refractivity contribution in [1.82, 2.24) is 0 Å². The van der Waals surface area contributed by atoms with E-state index in [4.69, 9.17) is 9.47 Å². The largest absolute Gasteiger partial charge is 0.416 e. The van der Waals surface area contributed by atoms with Crippen molar-refractivity contribution >= 4 is 6.08 Å². The van der Waals surface area contributed by atoms with Gasteiger partial charge in [0, 0.05) is 18.9 Å². The summed E-state index contributed by atoms with van der Waals surface area (Å²) in [7, 11) is 1.57. The Labute approximate surface area is 134 Å². The Hall–Kier alpha value is -1.59. The molecule has 3 atom stereocenters. The standard InChI is InChI=1S/C18H21F3O2/c1-3-14-8-9-15(17(14)23-12-22-2)7-4-13-5-10-16(11-6-13)18(19,20)21/h3-7,10-11,14-15,17H,1,8-9,12H2,2H3/b7-4+/t14-,15+,17-/m0/s1. The Morgan fingerprint density at radius 1 is 1.17 bits per heavy atom. The lowest BCUT2D eigenvalue weighted by Crippen LogP contribution is -2.24. The fraction of sp³-hybridized carbons (Fsp3) is 0.444. The number of methoxy groups -OCH3 is 1. The van der Waals surface area contributed by atoms with Crippen molar-refractivity contribution in [3.8, 4) is 0 Å². The van der Waals surface area contributed by atoms with Gasteiger partial charge in [-0.05, 0) is 30.5 Å². The molecule has 1 aromatic rings. The van der Waals surface area contributed by atoms with E-state index in [0.717, 1.165) is 30.5 Å². The van der Waals surface area contributed by atoms with Gasteiger partial charge < -0.3 is 9.47 Å². The van der Waals surface area contributed by atoms with Gasteiger partial charge in [0.25, 0.3) is 0 Å². The SMILES string of the molecule is C=C[C@H]1CC[C@@H](/C=C/c2ccc(C(F)(F)F)cc2)[C@H]1OCOC. The van der Waals surface area contributed by atoms with Crippen molar-refractivity contribution in [2.24, 2.45) is 11.8 Å². The van der Waals surface area contributed by atoms with Gasteiger partial charge in [0.2, 0.25) is 0 Å². The minimum atomic E-state index is -4.30. The van der Waals surface area contributed by atoms with E-state index in [-0.39, 0.29) is 24.7 Å². The summed E-state index contributed by atoms with van der Waals surface area (Å²) < 4.78 is 48.3. The summed E-state index contributed by atoms with van der Waals surface area (Å²) in [5.74, 6) is 0.475. The van der Waals surface area contributed by atoms with E-state index in [2.05, 4.69) is 6.58 Å². The van der Waals surface area contributed by atoms with Gasteiger partial charge >= 0.3 is 6.18 Å². The molecule has 0 aromatic heterocycles. The minimum Gasteiger partial charge on any atom is -0.359 e. The van der Waals surface area contributed by atoms with E-state index >= 15 is 0 Å². The predicted molar refractivity (Wildman–Crippen MR) is 83.6 cm³/mol. The molecular weight excluding hydrogens is 305 g/mol. The molecule has 2 rings (SSSR count). The molecule has 1 fully saturated rings. The number of hydrogen-bond donors (Lipinski definition) is 0. The van der Waals surface area contributed by atoms with Crippen LogP contribution in [0.1, 0.15) is 24.0 Å². The monoisotopic (exact) mass is 326 g/mol. The first-order valence-electron chi connectivity index (χ1n) is 7.54. The lowest BCUT2D eigenvalue weighted by molar-refractivity contribution is -0.137. The van der Waals surface area contributed by atoms with Crippen LogP contribution in [0.25, 0.3) is 6.08 Å². The Balaban J connectivity index is 2.04. The van der Waals surface area contributed by atoms with E-state index in [1.807, 2.05) is 18.2 Å². The molecule has 1 saturated carbocycles. The number of alkyl halides is 3. The first-order chi connectivity index (χ1) is 11.0. The molecule has 0 heterocycles. The fourth-order valence-corrected chi connectivity index (χ4v) is 2.90. The molecule has 23 heavy (non-hydrogen) atoms. The summed E-state index contributed by atoms with van der Waals surface area (Å²) >= 11 is 0. The van der Waals surface area contributed by atoms with Crippen LogP contribution in [0.2, 0.25) is 0 Å². The van der Waals surface area contributed by atoms with Crippen molar-refractivity contribution in [2.45, 2.75) is 25.1 Å². The summed E-state index contributed by atoms with van der Waals surface area (Å²) in [6.07, 6.45) is 3.39. The first-order valence-corrected chi connectivity index (χ1v) is 7.54. The maximum Gasteiger partial charge on any atom is 0.416 e. The highest BCUT2D eigenvalue weighted by atomic mass is 19.4. The zero-order chi connectivity index (χ0) is 16.9. The third kappa shape index (κ3) is 4.69. The van der Waals surface area contributed by atoms with Crippen molar-refractivity contribution in [1.29, 1.82) is 0 Å². The molecule has 5 heteroatoms. The van der Waals surface area contributed by atoms with E-state index in [1.165, 1.54) is 12.1 Å². The molecule has 0 bridgehead atoms. The lowest BCUT2D eigenvalue weighted by Gasteiger charge is -2.21. The minimum absolute atomic E-state index is 0.00171. The molecule has 0 amide bonds. The van der Waals surface area contributed by atoms with Gasteiger partial charge in [-0.25, -0.2) is 0 Å². The molecule has 0 unspecified atom stereocenters. The van der Waals surface area contributed by atoms with Crippen LogP contribution in [0, 0.1) is 11.8 Å². The third-order valence-corrected chi connectivity index (χ3v) is 4.13. The molecule has 0 aliphatic heterocycles. The van der Waals surface area contributed by atoms with Crippen molar-refractivity contribution < 1.29 is 22.6 Å². The maximum atomic E-state index is 12.5. The summed E-state index contributed by atoms with van der Waals surface area (Å²) in [5.41, 5.74) is 0.106. The lowest BCUT2D eigenvalue weighted by atomic mass is 9.99. The number of ether oxygens (including phenoxy) is 2. The number of rotatable bonds is 6. The van der Waals surface area contributed by atoms with Crippen molar-refractivity contribution in [3.05, 3.63) is 54.1 Å². The van der Waals surface area contributed by atoms with Crippen molar-refractivity contribution in [2.75, 3.05) is 13.9 Å². The Morgan fingerprint density at radius 3 is 2.39 bits per heavy atom. The molecule has 126 valence electrons. The predicted octanol–water partition coefficient (Wildman–Crippen LogP) is 4.92. The van der Waals surface area contributed by atoms with Crippen LogP contribution < -0.4 is 0 Å². The molecule has 0 saturated heterocycles. The van der Waals surface area contributed by atoms with Crippen LogP contribution in [0.5, 0.6) is 0 Å². The Bertz CT molecular complexity index is 534. The highest BCUT2D eigenvalue weighted by Gasteiger charge is 2.33. The zero-order valence-electron chi connectivity index (χ0n) is 13.1. The van der Waals surface area contributed by atoms with Gasteiger partial charge in [0.1, 0.15) is 6.79 Å². The Morgan fingerprint density at radius 2 is 1.83 bits per heavy atom. The molecule has 0 N–H and O–H groups in total. The molecule has 0 spiro atoms. The quantitative estimate of drug-likeness (QED) is 0.546. The number of hydrogen-bond acceptors (Lipinski definition) is 2. The number of benzene rings is 1. The van der Waals surface area contributed by atoms with Crippen LogP contribution in [-0.2, 0) is 15.7 Å². The van der Waals surface area contributed by atoms with E-state index in [1.54, 1.807) is 7.11 Å². The highest BCUT2D eigenvalue weighted by Crippen LogP contribution is 2.36. The van der Waals surface area contributed by atoms with E-state index in [0.29, 0.717) is 0 Å². The first kappa shape index (κ1) is 17.8. The fourth-order valence-electron chi connectivity index (χ4n) is 2.90. The molecule has 0 radical (unpaired) electrons. The van der Waals surface area contributed by atoms with Crippen LogP contribution in [0.15, 0.2) is 43.0 Å². The summed E-state index contributed by atoms with van der Waals surface area (Å²) in [4.78, 5) is 0. The summed E-state index contributed by atoms with van der Waals surface area (Å²) in [6, 6.07) is 5.15. The normalized spacial score (nSPS) is 25.1. The van der Waals surface area contributed by atoms with Gasteiger partial charge in [-0.2, -0.15) is 13.2 Å². The molecule has 1 aliphatic carbocycles. The topological polar surface area (TPSA) is 18.5 Å². The van der Waals surface area contributed by atoms with Crippen LogP contribution >= 0.6 is 0 Å². The smallest absolute Gasteiger partial charge is 0.359 e. The van der Waals surface area contributed by atoms with Crippen molar-refractivity contribution in [3.63, 3.8) is 0 Å². The average molecular weight is 326 g/mol.